The fourth-order valence-electron chi connectivity index (χ4n) is 5.96. The number of rotatable bonds is 6. The zero-order valence-corrected chi connectivity index (χ0v) is 24.5. The molecule has 0 saturated carbocycles. The minimum atomic E-state index is -0.278. The minimum absolute atomic E-state index is 0.160. The summed E-state index contributed by atoms with van der Waals surface area (Å²) in [7, 11) is 4.14. The van der Waals surface area contributed by atoms with Gasteiger partial charge in [-0.1, -0.05) is 70.2 Å². The minimum Gasteiger partial charge on any atom is -0.462 e. The molecule has 202 valence electrons. The summed E-state index contributed by atoms with van der Waals surface area (Å²) >= 11 is 0. The van der Waals surface area contributed by atoms with E-state index in [4.69, 9.17) is 4.74 Å². The number of benzene rings is 4. The van der Waals surface area contributed by atoms with Crippen molar-refractivity contribution < 1.29 is 9.53 Å². The van der Waals surface area contributed by atoms with Crippen LogP contribution in [-0.4, -0.2) is 26.7 Å². The molecule has 0 bridgehead atoms. The van der Waals surface area contributed by atoms with Crippen molar-refractivity contribution in [2.24, 2.45) is 0 Å². The molecule has 4 aromatic rings. The number of carbonyl (C=O) groups is 1. The first-order valence-corrected chi connectivity index (χ1v) is 14.1. The smallest absolute Gasteiger partial charge is 0.338 e. The average molecular weight is 520 g/mol. The summed E-state index contributed by atoms with van der Waals surface area (Å²) in [5.74, 6) is -0.278. The first kappa shape index (κ1) is 27.0. The van der Waals surface area contributed by atoms with E-state index in [1.165, 1.54) is 57.1 Å². The Kier molecular flexibility index (Phi) is 7.05. The lowest BCUT2D eigenvalue weighted by Gasteiger charge is -2.42. The van der Waals surface area contributed by atoms with Gasteiger partial charge >= 0.3 is 5.97 Å². The second kappa shape index (κ2) is 10.2. The van der Waals surface area contributed by atoms with E-state index in [2.05, 4.69) is 107 Å². The van der Waals surface area contributed by atoms with Crippen molar-refractivity contribution in [3.63, 3.8) is 0 Å². The fraction of sp³-hybridized carbons (Fsp3) is 0.361. The normalized spacial score (nSPS) is 15.6. The summed E-state index contributed by atoms with van der Waals surface area (Å²) in [6, 6.07) is 26.3. The molecule has 0 atom stereocenters. The molecule has 0 aliphatic heterocycles. The van der Waals surface area contributed by atoms with Crippen LogP contribution in [0.15, 0.2) is 72.8 Å². The summed E-state index contributed by atoms with van der Waals surface area (Å²) in [4.78, 5) is 14.4. The van der Waals surface area contributed by atoms with Gasteiger partial charge in [-0.15, -0.1) is 0 Å². The van der Waals surface area contributed by atoms with E-state index in [1.807, 2.05) is 19.1 Å². The lowest BCUT2D eigenvalue weighted by atomic mass is 9.62. The topological polar surface area (TPSA) is 29.5 Å². The third-order valence-corrected chi connectivity index (χ3v) is 8.59. The van der Waals surface area contributed by atoms with Gasteiger partial charge in [-0.05, 0) is 112 Å². The molecule has 0 amide bonds. The first-order valence-electron chi connectivity index (χ1n) is 14.1. The Hall–Kier alpha value is -3.59. The molecule has 39 heavy (non-hydrogen) atoms. The van der Waals surface area contributed by atoms with Crippen molar-refractivity contribution >= 4 is 22.4 Å². The van der Waals surface area contributed by atoms with Gasteiger partial charge in [0.05, 0.1) is 12.2 Å². The molecular formula is C36H41NO2. The van der Waals surface area contributed by atoms with Gasteiger partial charge in [0.1, 0.15) is 0 Å². The van der Waals surface area contributed by atoms with Crippen molar-refractivity contribution in [1.82, 2.24) is 0 Å². The van der Waals surface area contributed by atoms with E-state index in [1.54, 1.807) is 0 Å². The van der Waals surface area contributed by atoms with Gasteiger partial charge in [-0.3, -0.25) is 0 Å². The van der Waals surface area contributed by atoms with Crippen LogP contribution in [0.3, 0.4) is 0 Å². The molecule has 0 aromatic heterocycles. The van der Waals surface area contributed by atoms with E-state index in [0.29, 0.717) is 12.2 Å². The standard InChI is InChI=1S/C36H41NO2/c1-8-39-34(38)26-13-11-25(12-14-26)31-21-28-23-33-32(35(2,3)17-18-36(33,4)5)22-27(28)20-29(31)19-24-9-15-30(16-10-24)37(6)7/h9-16,20-23H,8,17-19H2,1-7H3. The Balaban J connectivity index is 1.65. The van der Waals surface area contributed by atoms with Crippen LogP contribution >= 0.6 is 0 Å². The number of fused-ring (bicyclic) bond motifs is 2. The monoisotopic (exact) mass is 519 g/mol. The molecular weight excluding hydrogens is 478 g/mol. The van der Waals surface area contributed by atoms with Gasteiger partial charge in [0.2, 0.25) is 0 Å². The summed E-state index contributed by atoms with van der Waals surface area (Å²) in [5.41, 5.74) is 9.96. The predicted molar refractivity (Wildman–Crippen MR) is 164 cm³/mol. The third kappa shape index (κ3) is 5.32. The summed E-state index contributed by atoms with van der Waals surface area (Å²) in [5, 5.41) is 2.57. The van der Waals surface area contributed by atoms with Gasteiger partial charge in [-0.2, -0.15) is 0 Å². The maximum atomic E-state index is 12.3. The molecule has 4 aromatic carbocycles. The van der Waals surface area contributed by atoms with Crippen molar-refractivity contribution in [1.29, 1.82) is 0 Å². The highest BCUT2D eigenvalue weighted by molar-refractivity contribution is 5.93. The summed E-state index contributed by atoms with van der Waals surface area (Å²) < 4.78 is 5.21. The molecule has 3 heteroatoms. The molecule has 3 nitrogen and oxygen atoms in total. The molecule has 0 radical (unpaired) electrons. The predicted octanol–water partition coefficient (Wildman–Crippen LogP) is 8.69. The van der Waals surface area contributed by atoms with Crippen LogP contribution in [0, 0.1) is 0 Å². The average Bonchev–Trinajstić information content (AvgIpc) is 2.91. The van der Waals surface area contributed by atoms with Gasteiger partial charge < -0.3 is 9.64 Å². The first-order chi connectivity index (χ1) is 18.5. The van der Waals surface area contributed by atoms with Gasteiger partial charge in [-0.25, -0.2) is 4.79 Å². The molecule has 0 spiro atoms. The summed E-state index contributed by atoms with van der Waals surface area (Å²) in [6.45, 7) is 11.7. The van der Waals surface area contributed by atoms with E-state index in [9.17, 15) is 4.79 Å². The zero-order valence-electron chi connectivity index (χ0n) is 24.5. The van der Waals surface area contributed by atoms with Crippen LogP contribution in [0.4, 0.5) is 5.69 Å². The Morgan fingerprint density at radius 3 is 1.90 bits per heavy atom. The van der Waals surface area contributed by atoms with E-state index >= 15 is 0 Å². The molecule has 1 aliphatic rings. The Morgan fingerprint density at radius 2 is 1.36 bits per heavy atom. The molecule has 1 aliphatic carbocycles. The quantitative estimate of drug-likeness (QED) is 0.239. The molecule has 0 fully saturated rings. The van der Waals surface area contributed by atoms with Crippen LogP contribution in [0.25, 0.3) is 21.9 Å². The highest BCUT2D eigenvalue weighted by atomic mass is 16.5. The van der Waals surface area contributed by atoms with Crippen LogP contribution in [0.5, 0.6) is 0 Å². The fourth-order valence-corrected chi connectivity index (χ4v) is 5.96. The van der Waals surface area contributed by atoms with Crippen molar-refractivity contribution in [2.45, 2.75) is 64.7 Å². The summed E-state index contributed by atoms with van der Waals surface area (Å²) in [6.07, 6.45) is 3.24. The number of hydrogen-bond acceptors (Lipinski definition) is 3. The number of ether oxygens (including phenoxy) is 1. The lowest BCUT2D eigenvalue weighted by Crippen LogP contribution is -2.33. The second-order valence-corrected chi connectivity index (χ2v) is 12.6. The maximum absolute atomic E-state index is 12.3. The third-order valence-electron chi connectivity index (χ3n) is 8.59. The number of nitrogens with zero attached hydrogens (tertiary/aromatic N) is 1. The second-order valence-electron chi connectivity index (χ2n) is 12.6. The number of esters is 1. The van der Waals surface area contributed by atoms with Gasteiger partial charge in [0.25, 0.3) is 0 Å². The van der Waals surface area contributed by atoms with Gasteiger partial charge in [0.15, 0.2) is 0 Å². The van der Waals surface area contributed by atoms with Crippen LogP contribution < -0.4 is 4.90 Å². The Bertz CT molecular complexity index is 1510. The molecule has 0 heterocycles. The Labute approximate surface area is 233 Å². The number of anilines is 1. The SMILES string of the molecule is CCOC(=O)c1ccc(-c2cc3cc4c(cc3cc2Cc2ccc(N(C)C)cc2)C(C)(C)CCC4(C)C)cc1. The highest BCUT2D eigenvalue weighted by Gasteiger charge is 2.37. The van der Waals surface area contributed by atoms with E-state index in [-0.39, 0.29) is 16.8 Å². The zero-order chi connectivity index (χ0) is 27.9. The maximum Gasteiger partial charge on any atom is 0.338 e. The number of hydrogen-bond donors (Lipinski definition) is 0. The largest absolute Gasteiger partial charge is 0.462 e. The van der Waals surface area contributed by atoms with Crippen molar-refractivity contribution in [2.75, 3.05) is 25.6 Å². The van der Waals surface area contributed by atoms with E-state index < -0.39 is 0 Å². The van der Waals surface area contributed by atoms with Crippen LogP contribution in [0.2, 0.25) is 0 Å². The molecule has 5 rings (SSSR count). The van der Waals surface area contributed by atoms with Gasteiger partial charge in [0, 0.05) is 19.8 Å². The van der Waals surface area contributed by atoms with Crippen molar-refractivity contribution in [3.05, 3.63) is 101 Å². The lowest BCUT2D eigenvalue weighted by molar-refractivity contribution is 0.0526. The molecule has 0 saturated heterocycles. The van der Waals surface area contributed by atoms with Crippen LogP contribution in [-0.2, 0) is 22.0 Å². The van der Waals surface area contributed by atoms with Crippen LogP contribution in [0.1, 0.15) is 80.1 Å². The number of carbonyl (C=O) groups excluding carboxylic acids is 1. The molecule has 0 N–H and O–H groups in total. The van der Waals surface area contributed by atoms with E-state index in [0.717, 1.165) is 12.0 Å². The van der Waals surface area contributed by atoms with Crippen molar-refractivity contribution in [3.8, 4) is 11.1 Å². The Morgan fingerprint density at radius 1 is 0.795 bits per heavy atom. The molecule has 0 unspecified atom stereocenters. The highest BCUT2D eigenvalue weighted by Crippen LogP contribution is 2.47.